The van der Waals surface area contributed by atoms with Gasteiger partial charge in [0.25, 0.3) is 0 Å². The molecule has 2 aliphatic heterocycles. The lowest BCUT2D eigenvalue weighted by Gasteiger charge is -2.25. The lowest BCUT2D eigenvalue weighted by molar-refractivity contribution is 0.277. The molecule has 0 spiro atoms. The van der Waals surface area contributed by atoms with Crippen LogP contribution in [0.3, 0.4) is 0 Å². The third kappa shape index (κ3) is 2.07. The van der Waals surface area contributed by atoms with E-state index in [4.69, 9.17) is 4.74 Å². The number of nitrogens with one attached hydrogen (secondary N) is 1. The van der Waals surface area contributed by atoms with Gasteiger partial charge < -0.3 is 10.1 Å². The van der Waals surface area contributed by atoms with Gasteiger partial charge in [0.1, 0.15) is 18.2 Å². The standard InChI is InChI=1S/C14H16N4O.ClH/c1-2-4-12-11(3-1)18-13(9-19-12)16-17-14(18)10-5-7-15-8-6-10;/h1-4,10,15H,5-9H2;1H. The van der Waals surface area contributed by atoms with Gasteiger partial charge in [0.2, 0.25) is 0 Å². The van der Waals surface area contributed by atoms with E-state index in [1.165, 1.54) is 0 Å². The molecule has 2 aliphatic rings. The molecule has 0 unspecified atom stereocenters. The summed E-state index contributed by atoms with van der Waals surface area (Å²) in [4.78, 5) is 0. The smallest absolute Gasteiger partial charge is 0.175 e. The van der Waals surface area contributed by atoms with Gasteiger partial charge >= 0.3 is 0 Å². The fraction of sp³-hybridized carbons (Fsp3) is 0.429. The number of para-hydroxylation sites is 2. The molecule has 1 saturated heterocycles. The maximum absolute atomic E-state index is 5.71. The maximum atomic E-state index is 5.71. The SMILES string of the molecule is Cl.c1ccc2c(c1)OCc1nnc(C3CCNCC3)n1-2. The van der Waals surface area contributed by atoms with Crippen LogP contribution in [-0.2, 0) is 6.61 Å². The highest BCUT2D eigenvalue weighted by Gasteiger charge is 2.27. The normalized spacial score (nSPS) is 17.6. The van der Waals surface area contributed by atoms with Crippen molar-refractivity contribution in [2.24, 2.45) is 0 Å². The fourth-order valence-electron chi connectivity index (χ4n) is 2.94. The molecule has 1 aromatic heterocycles. The van der Waals surface area contributed by atoms with Gasteiger partial charge in [0, 0.05) is 5.92 Å². The van der Waals surface area contributed by atoms with E-state index in [0.29, 0.717) is 12.5 Å². The van der Waals surface area contributed by atoms with E-state index in [9.17, 15) is 0 Å². The molecule has 0 amide bonds. The minimum Gasteiger partial charge on any atom is -0.483 e. The predicted octanol–water partition coefficient (Wildman–Crippen LogP) is 2.05. The van der Waals surface area contributed by atoms with Crippen molar-refractivity contribution in [2.75, 3.05) is 13.1 Å². The predicted molar refractivity (Wildman–Crippen MR) is 77.8 cm³/mol. The Balaban J connectivity index is 0.00000121. The summed E-state index contributed by atoms with van der Waals surface area (Å²) in [6, 6.07) is 8.11. The zero-order valence-electron chi connectivity index (χ0n) is 11.1. The molecule has 0 aliphatic carbocycles. The zero-order valence-corrected chi connectivity index (χ0v) is 11.9. The number of aromatic nitrogens is 3. The Labute approximate surface area is 123 Å². The summed E-state index contributed by atoms with van der Waals surface area (Å²) in [5.74, 6) is 3.41. The fourth-order valence-corrected chi connectivity index (χ4v) is 2.94. The van der Waals surface area contributed by atoms with E-state index in [0.717, 1.165) is 49.0 Å². The molecular formula is C14H17ClN4O. The van der Waals surface area contributed by atoms with Crippen LogP contribution < -0.4 is 10.1 Å². The van der Waals surface area contributed by atoms with Crippen LogP contribution in [0.5, 0.6) is 5.75 Å². The van der Waals surface area contributed by atoms with Crippen molar-refractivity contribution >= 4 is 12.4 Å². The second-order valence-electron chi connectivity index (χ2n) is 5.09. The average molecular weight is 293 g/mol. The number of rotatable bonds is 1. The molecule has 0 atom stereocenters. The highest BCUT2D eigenvalue weighted by atomic mass is 35.5. The summed E-state index contributed by atoms with van der Waals surface area (Å²) in [6.07, 6.45) is 2.25. The number of hydrogen-bond donors (Lipinski definition) is 1. The average Bonchev–Trinajstić information content (AvgIpc) is 2.92. The largest absolute Gasteiger partial charge is 0.483 e. The molecule has 0 saturated carbocycles. The second-order valence-corrected chi connectivity index (χ2v) is 5.09. The number of halogens is 1. The van der Waals surface area contributed by atoms with E-state index in [1.54, 1.807) is 0 Å². The van der Waals surface area contributed by atoms with Crippen LogP contribution in [0.25, 0.3) is 5.69 Å². The Hall–Kier alpha value is -1.59. The van der Waals surface area contributed by atoms with Crippen molar-refractivity contribution in [2.45, 2.75) is 25.4 Å². The van der Waals surface area contributed by atoms with E-state index in [1.807, 2.05) is 18.2 Å². The molecular weight excluding hydrogens is 276 g/mol. The summed E-state index contributed by atoms with van der Waals surface area (Å²) in [7, 11) is 0. The zero-order chi connectivity index (χ0) is 12.7. The van der Waals surface area contributed by atoms with Crippen molar-refractivity contribution < 1.29 is 4.74 Å². The van der Waals surface area contributed by atoms with Gasteiger partial charge in [0.15, 0.2) is 5.82 Å². The van der Waals surface area contributed by atoms with Crippen molar-refractivity contribution in [3.05, 3.63) is 35.9 Å². The molecule has 1 fully saturated rings. The van der Waals surface area contributed by atoms with Crippen molar-refractivity contribution in [1.29, 1.82) is 0 Å². The van der Waals surface area contributed by atoms with Gasteiger partial charge in [-0.3, -0.25) is 4.57 Å². The number of piperidine rings is 1. The first kappa shape index (κ1) is 13.4. The van der Waals surface area contributed by atoms with Crippen LogP contribution in [0.2, 0.25) is 0 Å². The molecule has 5 nitrogen and oxygen atoms in total. The first-order chi connectivity index (χ1) is 9.43. The van der Waals surface area contributed by atoms with Gasteiger partial charge in [-0.05, 0) is 38.1 Å². The van der Waals surface area contributed by atoms with Crippen molar-refractivity contribution in [3.8, 4) is 11.4 Å². The van der Waals surface area contributed by atoms with Crippen LogP contribution in [0, 0.1) is 0 Å². The van der Waals surface area contributed by atoms with Crippen LogP contribution in [0.4, 0.5) is 0 Å². The number of hydrogen-bond acceptors (Lipinski definition) is 4. The van der Waals surface area contributed by atoms with Crippen molar-refractivity contribution in [1.82, 2.24) is 20.1 Å². The van der Waals surface area contributed by atoms with E-state index in [2.05, 4.69) is 26.1 Å². The maximum Gasteiger partial charge on any atom is 0.175 e. The van der Waals surface area contributed by atoms with Gasteiger partial charge in [-0.25, -0.2) is 0 Å². The Kier molecular flexibility index (Phi) is 3.63. The van der Waals surface area contributed by atoms with Crippen LogP contribution >= 0.6 is 12.4 Å². The van der Waals surface area contributed by atoms with Gasteiger partial charge in [-0.1, -0.05) is 12.1 Å². The van der Waals surface area contributed by atoms with Gasteiger partial charge in [0.05, 0.1) is 5.69 Å². The van der Waals surface area contributed by atoms with E-state index in [-0.39, 0.29) is 12.4 Å². The minimum atomic E-state index is 0. The minimum absolute atomic E-state index is 0. The number of fused-ring (bicyclic) bond motifs is 3. The van der Waals surface area contributed by atoms with Crippen LogP contribution in [0.1, 0.15) is 30.4 Å². The Bertz CT molecular complexity index is 607. The summed E-state index contributed by atoms with van der Waals surface area (Å²) in [5, 5.41) is 12.1. The molecule has 3 heterocycles. The molecule has 0 radical (unpaired) electrons. The first-order valence-corrected chi connectivity index (χ1v) is 6.80. The van der Waals surface area contributed by atoms with Crippen molar-refractivity contribution in [3.63, 3.8) is 0 Å². The lowest BCUT2D eigenvalue weighted by atomic mass is 9.97. The quantitative estimate of drug-likeness (QED) is 0.874. The monoisotopic (exact) mass is 292 g/mol. The van der Waals surface area contributed by atoms with E-state index < -0.39 is 0 Å². The summed E-state index contributed by atoms with van der Waals surface area (Å²) >= 11 is 0. The Morgan fingerprint density at radius 3 is 2.80 bits per heavy atom. The second kappa shape index (κ2) is 5.42. The third-order valence-corrected chi connectivity index (χ3v) is 3.92. The topological polar surface area (TPSA) is 52.0 Å². The molecule has 0 bridgehead atoms. The summed E-state index contributed by atoms with van der Waals surface area (Å²) < 4.78 is 7.90. The third-order valence-electron chi connectivity index (χ3n) is 3.92. The summed E-state index contributed by atoms with van der Waals surface area (Å²) in [5.41, 5.74) is 1.07. The first-order valence-electron chi connectivity index (χ1n) is 6.80. The molecule has 1 N–H and O–H groups in total. The molecule has 106 valence electrons. The molecule has 6 heteroatoms. The number of nitrogens with zero attached hydrogens (tertiary/aromatic N) is 3. The summed E-state index contributed by atoms with van der Waals surface area (Å²) in [6.45, 7) is 2.63. The molecule has 20 heavy (non-hydrogen) atoms. The van der Waals surface area contributed by atoms with Gasteiger partial charge in [-0.15, -0.1) is 22.6 Å². The Morgan fingerprint density at radius 2 is 1.95 bits per heavy atom. The molecule has 4 rings (SSSR count). The van der Waals surface area contributed by atoms with Crippen LogP contribution in [-0.4, -0.2) is 27.9 Å². The van der Waals surface area contributed by atoms with E-state index >= 15 is 0 Å². The number of benzene rings is 1. The lowest BCUT2D eigenvalue weighted by Crippen LogP contribution is -2.28. The molecule has 2 aromatic rings. The highest BCUT2D eigenvalue weighted by molar-refractivity contribution is 5.85. The number of ether oxygens (including phenoxy) is 1. The van der Waals surface area contributed by atoms with Gasteiger partial charge in [-0.2, -0.15) is 0 Å². The highest BCUT2D eigenvalue weighted by Crippen LogP contribution is 2.33. The van der Waals surface area contributed by atoms with Crippen LogP contribution in [0.15, 0.2) is 24.3 Å². The Morgan fingerprint density at radius 1 is 1.15 bits per heavy atom. The molecule has 1 aromatic carbocycles.